The zero-order valence-corrected chi connectivity index (χ0v) is 12.7. The molecule has 1 amide bonds. The van der Waals surface area contributed by atoms with Crippen LogP contribution >= 0.6 is 0 Å². The van der Waals surface area contributed by atoms with E-state index in [4.69, 9.17) is 9.47 Å². The molecule has 0 aromatic heterocycles. The van der Waals surface area contributed by atoms with Gasteiger partial charge in [-0.25, -0.2) is 0 Å². The van der Waals surface area contributed by atoms with Crippen molar-refractivity contribution in [3.05, 3.63) is 23.8 Å². The second-order valence-electron chi connectivity index (χ2n) is 4.44. The van der Waals surface area contributed by atoms with Crippen LogP contribution in [0.4, 0.5) is 0 Å². The predicted molar refractivity (Wildman–Crippen MR) is 79.7 cm³/mol. The summed E-state index contributed by atoms with van der Waals surface area (Å²) in [7, 11) is 4.99. The quantitative estimate of drug-likeness (QED) is 0.788. The van der Waals surface area contributed by atoms with Gasteiger partial charge in [0.15, 0.2) is 11.5 Å². The number of hydrogen-bond donors (Lipinski definition) is 1. The topological polar surface area (TPSA) is 50.8 Å². The first-order valence-electron chi connectivity index (χ1n) is 6.84. The van der Waals surface area contributed by atoms with Gasteiger partial charge in [-0.1, -0.05) is 13.0 Å². The lowest BCUT2D eigenvalue weighted by Crippen LogP contribution is -2.36. The van der Waals surface area contributed by atoms with Gasteiger partial charge in [0.1, 0.15) is 0 Å². The first-order valence-corrected chi connectivity index (χ1v) is 6.84. The number of nitrogens with zero attached hydrogens (tertiary/aromatic N) is 1. The van der Waals surface area contributed by atoms with E-state index >= 15 is 0 Å². The maximum atomic E-state index is 12.7. The molecule has 1 aromatic carbocycles. The summed E-state index contributed by atoms with van der Waals surface area (Å²) in [5, 5.41) is 3.06. The molecule has 1 N–H and O–H groups in total. The van der Waals surface area contributed by atoms with Gasteiger partial charge in [-0.05, 0) is 25.6 Å². The minimum atomic E-state index is -0.0298. The van der Waals surface area contributed by atoms with Crippen LogP contribution in [0.15, 0.2) is 18.2 Å². The molecule has 0 fully saturated rings. The van der Waals surface area contributed by atoms with Gasteiger partial charge in [-0.15, -0.1) is 0 Å². The summed E-state index contributed by atoms with van der Waals surface area (Å²) >= 11 is 0. The fraction of sp³-hybridized carbons (Fsp3) is 0.533. The summed E-state index contributed by atoms with van der Waals surface area (Å²) in [6, 6.07) is 5.36. The van der Waals surface area contributed by atoms with Crippen molar-refractivity contribution in [1.29, 1.82) is 0 Å². The van der Waals surface area contributed by atoms with E-state index in [1.165, 1.54) is 0 Å². The van der Waals surface area contributed by atoms with Crippen molar-refractivity contribution in [3.8, 4) is 11.5 Å². The molecule has 5 nitrogen and oxygen atoms in total. The number of nitrogens with one attached hydrogen (secondary N) is 1. The Kier molecular flexibility index (Phi) is 6.87. The molecule has 0 spiro atoms. The molecule has 5 heteroatoms. The molecule has 0 unspecified atom stereocenters. The highest BCUT2D eigenvalue weighted by Gasteiger charge is 2.21. The Morgan fingerprint density at radius 2 is 2.00 bits per heavy atom. The molecule has 0 atom stereocenters. The minimum absolute atomic E-state index is 0.0298. The predicted octanol–water partition coefficient (Wildman–Crippen LogP) is 1.78. The van der Waals surface area contributed by atoms with Crippen molar-refractivity contribution in [2.75, 3.05) is 40.9 Å². The van der Waals surface area contributed by atoms with E-state index in [0.29, 0.717) is 23.6 Å². The van der Waals surface area contributed by atoms with Crippen LogP contribution in [-0.2, 0) is 0 Å². The van der Waals surface area contributed by atoms with Crippen molar-refractivity contribution in [1.82, 2.24) is 10.2 Å². The number of ether oxygens (including phenoxy) is 2. The van der Waals surface area contributed by atoms with E-state index in [0.717, 1.165) is 19.5 Å². The molecular formula is C15H24N2O3. The summed E-state index contributed by atoms with van der Waals surface area (Å²) in [4.78, 5) is 14.5. The van der Waals surface area contributed by atoms with E-state index in [1.54, 1.807) is 32.4 Å². The van der Waals surface area contributed by atoms with Gasteiger partial charge in [0.25, 0.3) is 5.91 Å². The van der Waals surface area contributed by atoms with Crippen molar-refractivity contribution < 1.29 is 14.3 Å². The Morgan fingerprint density at radius 3 is 2.55 bits per heavy atom. The summed E-state index contributed by atoms with van der Waals surface area (Å²) in [5.74, 6) is 1.03. The lowest BCUT2D eigenvalue weighted by atomic mass is 10.1. The monoisotopic (exact) mass is 280 g/mol. The fourth-order valence-electron chi connectivity index (χ4n) is 2.06. The van der Waals surface area contributed by atoms with Gasteiger partial charge in [0.05, 0.1) is 19.8 Å². The molecule has 0 bridgehead atoms. The normalized spacial score (nSPS) is 10.2. The maximum Gasteiger partial charge on any atom is 0.257 e. The third-order valence-electron chi connectivity index (χ3n) is 3.05. The first kappa shape index (κ1) is 16.3. The standard InChI is InChI=1S/C15H24N2O3/c1-5-10-17(11-9-16-2)15(18)12-7-6-8-13(19-3)14(12)20-4/h6-8,16H,5,9-11H2,1-4H3. The molecule has 112 valence electrons. The summed E-state index contributed by atoms with van der Waals surface area (Å²) in [6.45, 7) is 4.21. The van der Waals surface area contributed by atoms with Crippen LogP contribution in [-0.4, -0.2) is 51.7 Å². The van der Waals surface area contributed by atoms with Crippen molar-refractivity contribution >= 4 is 5.91 Å². The van der Waals surface area contributed by atoms with E-state index in [2.05, 4.69) is 12.2 Å². The van der Waals surface area contributed by atoms with Crippen molar-refractivity contribution in [3.63, 3.8) is 0 Å². The number of benzene rings is 1. The van der Waals surface area contributed by atoms with Crippen LogP contribution < -0.4 is 14.8 Å². The number of para-hydroxylation sites is 1. The lowest BCUT2D eigenvalue weighted by molar-refractivity contribution is 0.0753. The molecule has 1 rings (SSSR count). The number of methoxy groups -OCH3 is 2. The summed E-state index contributed by atoms with van der Waals surface area (Å²) in [5.41, 5.74) is 0.538. The molecule has 0 saturated heterocycles. The van der Waals surface area contributed by atoms with Gasteiger partial charge < -0.3 is 19.7 Å². The Labute approximate surface area is 120 Å². The zero-order valence-electron chi connectivity index (χ0n) is 12.7. The lowest BCUT2D eigenvalue weighted by Gasteiger charge is -2.23. The highest BCUT2D eigenvalue weighted by atomic mass is 16.5. The third-order valence-corrected chi connectivity index (χ3v) is 3.05. The van der Waals surface area contributed by atoms with Crippen LogP contribution in [0.3, 0.4) is 0 Å². The number of likely N-dealkylation sites (N-methyl/N-ethyl adjacent to an activating group) is 1. The van der Waals surface area contributed by atoms with Crippen LogP contribution in [0.2, 0.25) is 0 Å². The average Bonchev–Trinajstić information content (AvgIpc) is 2.49. The summed E-state index contributed by atoms with van der Waals surface area (Å²) < 4.78 is 10.6. The van der Waals surface area contributed by atoms with Gasteiger partial charge >= 0.3 is 0 Å². The summed E-state index contributed by atoms with van der Waals surface area (Å²) in [6.07, 6.45) is 0.918. The van der Waals surface area contributed by atoms with Gasteiger partial charge in [-0.3, -0.25) is 4.79 Å². The molecule has 0 saturated carbocycles. The van der Waals surface area contributed by atoms with E-state index in [-0.39, 0.29) is 5.91 Å². The Hall–Kier alpha value is -1.75. The Balaban J connectivity index is 3.04. The highest BCUT2D eigenvalue weighted by molar-refractivity contribution is 5.97. The second kappa shape index (κ2) is 8.43. The van der Waals surface area contributed by atoms with E-state index in [9.17, 15) is 4.79 Å². The molecule has 0 aliphatic heterocycles. The van der Waals surface area contributed by atoms with Gasteiger partial charge in [0.2, 0.25) is 0 Å². The largest absolute Gasteiger partial charge is 0.493 e. The highest BCUT2D eigenvalue weighted by Crippen LogP contribution is 2.31. The van der Waals surface area contributed by atoms with Crippen LogP contribution in [0.1, 0.15) is 23.7 Å². The number of carbonyl (C=O) groups excluding carboxylic acids is 1. The van der Waals surface area contributed by atoms with Crippen LogP contribution in [0, 0.1) is 0 Å². The Morgan fingerprint density at radius 1 is 1.25 bits per heavy atom. The minimum Gasteiger partial charge on any atom is -0.493 e. The molecule has 0 aliphatic carbocycles. The molecule has 20 heavy (non-hydrogen) atoms. The maximum absolute atomic E-state index is 12.7. The van der Waals surface area contributed by atoms with E-state index in [1.807, 2.05) is 11.9 Å². The third kappa shape index (κ3) is 3.87. The molecule has 0 aliphatic rings. The average molecular weight is 280 g/mol. The van der Waals surface area contributed by atoms with E-state index < -0.39 is 0 Å². The molecule has 0 radical (unpaired) electrons. The number of rotatable bonds is 8. The van der Waals surface area contributed by atoms with Crippen LogP contribution in [0.25, 0.3) is 0 Å². The SMILES string of the molecule is CCCN(CCNC)C(=O)c1cccc(OC)c1OC. The zero-order chi connectivity index (χ0) is 15.0. The molecular weight excluding hydrogens is 256 g/mol. The van der Waals surface area contributed by atoms with Gasteiger partial charge in [-0.2, -0.15) is 0 Å². The first-order chi connectivity index (χ1) is 9.69. The fourth-order valence-corrected chi connectivity index (χ4v) is 2.06. The van der Waals surface area contributed by atoms with Crippen LogP contribution in [0.5, 0.6) is 11.5 Å². The molecule has 1 aromatic rings. The van der Waals surface area contributed by atoms with Gasteiger partial charge in [0, 0.05) is 19.6 Å². The smallest absolute Gasteiger partial charge is 0.257 e. The molecule has 0 heterocycles. The van der Waals surface area contributed by atoms with Crippen molar-refractivity contribution in [2.45, 2.75) is 13.3 Å². The Bertz CT molecular complexity index is 435. The number of amides is 1. The number of carbonyl (C=O) groups is 1. The van der Waals surface area contributed by atoms with Crippen molar-refractivity contribution in [2.24, 2.45) is 0 Å². The number of hydrogen-bond acceptors (Lipinski definition) is 4. The second-order valence-corrected chi connectivity index (χ2v) is 4.44.